The minimum absolute atomic E-state index is 0.0679. The zero-order chi connectivity index (χ0) is 18.7. The van der Waals surface area contributed by atoms with Crippen LogP contribution in [0.4, 0.5) is 0 Å². The summed E-state index contributed by atoms with van der Waals surface area (Å²) < 4.78 is 6.46. The molecule has 136 valence electrons. The monoisotopic (exact) mass is 373 g/mol. The van der Waals surface area contributed by atoms with E-state index in [1.54, 1.807) is 18.3 Å². The zero-order valence-corrected chi connectivity index (χ0v) is 15.3. The van der Waals surface area contributed by atoms with E-state index in [0.717, 1.165) is 39.9 Å². The predicted molar refractivity (Wildman–Crippen MR) is 97.3 cm³/mol. The van der Waals surface area contributed by atoms with Gasteiger partial charge in [0.1, 0.15) is 6.04 Å². The fourth-order valence-electron chi connectivity index (χ4n) is 3.29. The van der Waals surface area contributed by atoms with Gasteiger partial charge in [-0.3, -0.25) is 9.59 Å². The zero-order valence-electron chi connectivity index (χ0n) is 14.5. The van der Waals surface area contributed by atoms with Crippen LogP contribution in [0.15, 0.2) is 28.8 Å². The van der Waals surface area contributed by atoms with Crippen molar-refractivity contribution in [3.05, 3.63) is 46.4 Å². The lowest BCUT2D eigenvalue weighted by molar-refractivity contribution is -0.122. The van der Waals surface area contributed by atoms with E-state index in [1.165, 1.54) is 0 Å². The molecule has 0 spiro atoms. The maximum atomic E-state index is 13.2. The Bertz CT molecular complexity index is 934. The summed E-state index contributed by atoms with van der Waals surface area (Å²) >= 11 is 1.67. The van der Waals surface area contributed by atoms with Crippen molar-refractivity contribution in [2.45, 2.75) is 32.7 Å². The topological polar surface area (TPSA) is 96.5 Å². The first-order valence-corrected chi connectivity index (χ1v) is 9.05. The Morgan fingerprint density at radius 3 is 2.81 bits per heavy atom. The molecule has 1 fully saturated rings. The molecule has 0 aliphatic carbocycles. The molecule has 7 nitrogen and oxygen atoms in total. The molecule has 1 aromatic carbocycles. The quantitative estimate of drug-likeness (QED) is 0.690. The average molecular weight is 373 g/mol. The SMILES string of the molecule is Cc1noc(C2CCCN2C(=O)c2c(C)sc3ccccc23)n1.O=CO. The highest BCUT2D eigenvalue weighted by atomic mass is 32.1. The molecular formula is C18H19N3O4S. The second kappa shape index (κ2) is 7.65. The van der Waals surface area contributed by atoms with Crippen LogP contribution in [0.1, 0.15) is 45.8 Å². The lowest BCUT2D eigenvalue weighted by atomic mass is 10.1. The molecule has 1 unspecified atom stereocenters. The molecule has 1 saturated heterocycles. The number of rotatable bonds is 2. The van der Waals surface area contributed by atoms with Crippen LogP contribution in [0.3, 0.4) is 0 Å². The molecule has 0 bridgehead atoms. The van der Waals surface area contributed by atoms with Crippen molar-refractivity contribution in [2.24, 2.45) is 0 Å². The van der Waals surface area contributed by atoms with Crippen LogP contribution in [0.25, 0.3) is 10.1 Å². The van der Waals surface area contributed by atoms with Crippen molar-refractivity contribution in [1.29, 1.82) is 0 Å². The summed E-state index contributed by atoms with van der Waals surface area (Å²) in [7, 11) is 0. The normalized spacial score (nSPS) is 16.4. The first-order chi connectivity index (χ1) is 12.6. The van der Waals surface area contributed by atoms with Crippen LogP contribution in [0.2, 0.25) is 0 Å². The molecule has 0 radical (unpaired) electrons. The standard InChI is InChI=1S/C17H17N3O2S.CH2O2/c1-10-15(12-6-3-4-8-14(12)23-10)17(21)20-9-5-7-13(20)16-18-11(2)19-22-16;2-1-3/h3-4,6,8,13H,5,7,9H2,1-2H3;1H,(H,2,3). The van der Waals surface area contributed by atoms with E-state index < -0.39 is 0 Å². The molecule has 26 heavy (non-hydrogen) atoms. The van der Waals surface area contributed by atoms with Gasteiger partial charge in [-0.05, 0) is 32.8 Å². The first kappa shape index (κ1) is 18.1. The number of carbonyl (C=O) groups excluding carboxylic acids is 1. The van der Waals surface area contributed by atoms with Gasteiger partial charge in [-0.15, -0.1) is 11.3 Å². The predicted octanol–water partition coefficient (Wildman–Crippen LogP) is 3.58. The number of carboxylic acid groups (broad SMARTS) is 1. The van der Waals surface area contributed by atoms with E-state index in [-0.39, 0.29) is 18.4 Å². The van der Waals surface area contributed by atoms with Crippen molar-refractivity contribution >= 4 is 33.8 Å². The van der Waals surface area contributed by atoms with Crippen LogP contribution in [0, 0.1) is 13.8 Å². The van der Waals surface area contributed by atoms with Gasteiger partial charge < -0.3 is 14.5 Å². The van der Waals surface area contributed by atoms with Gasteiger partial charge in [0.25, 0.3) is 12.4 Å². The van der Waals surface area contributed by atoms with Gasteiger partial charge in [-0.25, -0.2) is 0 Å². The first-order valence-electron chi connectivity index (χ1n) is 8.24. The van der Waals surface area contributed by atoms with Gasteiger partial charge >= 0.3 is 0 Å². The summed E-state index contributed by atoms with van der Waals surface area (Å²) in [6.45, 7) is 4.29. The second-order valence-electron chi connectivity index (χ2n) is 5.97. The molecular weight excluding hydrogens is 354 g/mol. The van der Waals surface area contributed by atoms with Gasteiger partial charge in [0.15, 0.2) is 5.82 Å². The maximum absolute atomic E-state index is 13.2. The van der Waals surface area contributed by atoms with E-state index in [4.69, 9.17) is 14.4 Å². The van der Waals surface area contributed by atoms with Crippen molar-refractivity contribution in [3.8, 4) is 0 Å². The number of aryl methyl sites for hydroxylation is 2. The fraction of sp³-hybridized carbons (Fsp3) is 0.333. The highest BCUT2D eigenvalue weighted by Gasteiger charge is 2.35. The van der Waals surface area contributed by atoms with E-state index in [0.29, 0.717) is 11.7 Å². The van der Waals surface area contributed by atoms with Crippen LogP contribution in [-0.2, 0) is 4.79 Å². The minimum atomic E-state index is -0.250. The summed E-state index contributed by atoms with van der Waals surface area (Å²) in [4.78, 5) is 28.8. The highest BCUT2D eigenvalue weighted by molar-refractivity contribution is 7.19. The summed E-state index contributed by atoms with van der Waals surface area (Å²) in [5.41, 5.74) is 0.814. The second-order valence-corrected chi connectivity index (χ2v) is 7.23. The number of hydrogen-bond acceptors (Lipinski definition) is 6. The lowest BCUT2D eigenvalue weighted by Crippen LogP contribution is -2.31. The van der Waals surface area contributed by atoms with Gasteiger partial charge in [-0.2, -0.15) is 4.98 Å². The van der Waals surface area contributed by atoms with Crippen molar-refractivity contribution in [1.82, 2.24) is 15.0 Å². The molecule has 1 aliphatic heterocycles. The number of hydrogen-bond donors (Lipinski definition) is 1. The largest absolute Gasteiger partial charge is 0.483 e. The van der Waals surface area contributed by atoms with Crippen molar-refractivity contribution < 1.29 is 19.2 Å². The number of amides is 1. The van der Waals surface area contributed by atoms with Crippen LogP contribution in [0.5, 0.6) is 0 Å². The Hall–Kier alpha value is -2.74. The molecule has 8 heteroatoms. The number of carbonyl (C=O) groups is 2. The van der Waals surface area contributed by atoms with E-state index in [1.807, 2.05) is 30.0 Å². The van der Waals surface area contributed by atoms with Gasteiger partial charge in [0, 0.05) is 21.5 Å². The third-order valence-electron chi connectivity index (χ3n) is 4.33. The van der Waals surface area contributed by atoms with E-state index >= 15 is 0 Å². The third-order valence-corrected chi connectivity index (χ3v) is 5.41. The molecule has 1 atom stereocenters. The maximum Gasteiger partial charge on any atom is 0.290 e. The molecule has 3 heterocycles. The van der Waals surface area contributed by atoms with Gasteiger partial charge in [0.05, 0.1) is 5.56 Å². The Labute approximate surface area is 154 Å². The minimum Gasteiger partial charge on any atom is -0.483 e. The number of aromatic nitrogens is 2. The molecule has 4 rings (SSSR count). The summed E-state index contributed by atoms with van der Waals surface area (Å²) in [6, 6.07) is 7.96. The molecule has 1 amide bonds. The van der Waals surface area contributed by atoms with Crippen LogP contribution < -0.4 is 0 Å². The summed E-state index contributed by atoms with van der Waals surface area (Å²) in [5.74, 6) is 1.22. The molecule has 0 saturated carbocycles. The molecule has 3 aromatic rings. The number of benzene rings is 1. The fourth-order valence-corrected chi connectivity index (χ4v) is 4.35. The third kappa shape index (κ3) is 3.32. The summed E-state index contributed by atoms with van der Waals surface area (Å²) in [6.07, 6.45) is 1.83. The smallest absolute Gasteiger partial charge is 0.290 e. The van der Waals surface area contributed by atoms with E-state index in [9.17, 15) is 4.79 Å². The Balaban J connectivity index is 0.000000613. The molecule has 1 aliphatic rings. The highest BCUT2D eigenvalue weighted by Crippen LogP contribution is 2.36. The van der Waals surface area contributed by atoms with Crippen LogP contribution >= 0.6 is 11.3 Å². The Morgan fingerprint density at radius 2 is 2.12 bits per heavy atom. The number of thiophene rings is 1. The Kier molecular flexibility index (Phi) is 5.32. The van der Waals surface area contributed by atoms with Crippen molar-refractivity contribution in [2.75, 3.05) is 6.54 Å². The Morgan fingerprint density at radius 1 is 1.38 bits per heavy atom. The van der Waals surface area contributed by atoms with Gasteiger partial charge in [0.2, 0.25) is 5.89 Å². The van der Waals surface area contributed by atoms with Crippen molar-refractivity contribution in [3.63, 3.8) is 0 Å². The lowest BCUT2D eigenvalue weighted by Gasteiger charge is -2.22. The van der Waals surface area contributed by atoms with Crippen LogP contribution in [-0.4, -0.2) is 39.1 Å². The number of fused-ring (bicyclic) bond motifs is 1. The number of nitrogens with zero attached hydrogens (tertiary/aromatic N) is 3. The van der Waals surface area contributed by atoms with E-state index in [2.05, 4.69) is 16.2 Å². The average Bonchev–Trinajstić information content (AvgIpc) is 3.32. The molecule has 2 aromatic heterocycles. The molecule has 1 N–H and O–H groups in total. The summed E-state index contributed by atoms with van der Waals surface area (Å²) in [5, 5.41) is 11.8. The number of likely N-dealkylation sites (tertiary alicyclic amines) is 1. The van der Waals surface area contributed by atoms with Gasteiger partial charge in [-0.1, -0.05) is 23.4 Å².